The Labute approximate surface area is 130 Å². The third kappa shape index (κ3) is 5.05. The van der Waals surface area contributed by atoms with Crippen molar-refractivity contribution in [3.05, 3.63) is 12.4 Å². The summed E-state index contributed by atoms with van der Waals surface area (Å²) >= 11 is 0. The SMILES string of the molecule is COc1cncc(OC2CCC(NC(=O)NC(C)C)CC2)n1. The number of ether oxygens (including phenoxy) is 2. The van der Waals surface area contributed by atoms with E-state index in [1.165, 1.54) is 0 Å². The lowest BCUT2D eigenvalue weighted by molar-refractivity contribution is 0.133. The highest BCUT2D eigenvalue weighted by molar-refractivity contribution is 5.74. The highest BCUT2D eigenvalue weighted by atomic mass is 16.5. The molecule has 1 aliphatic rings. The van der Waals surface area contributed by atoms with E-state index in [-0.39, 0.29) is 24.2 Å². The molecule has 122 valence electrons. The van der Waals surface area contributed by atoms with Crippen LogP contribution in [0, 0.1) is 0 Å². The number of carbonyl (C=O) groups is 1. The third-order valence-electron chi connectivity index (χ3n) is 3.52. The molecule has 1 heterocycles. The molecule has 2 N–H and O–H groups in total. The van der Waals surface area contributed by atoms with E-state index >= 15 is 0 Å². The van der Waals surface area contributed by atoms with Gasteiger partial charge >= 0.3 is 6.03 Å². The van der Waals surface area contributed by atoms with Crippen molar-refractivity contribution in [1.29, 1.82) is 0 Å². The maximum Gasteiger partial charge on any atom is 0.315 e. The van der Waals surface area contributed by atoms with E-state index in [1.807, 2.05) is 13.8 Å². The molecule has 0 atom stereocenters. The van der Waals surface area contributed by atoms with Crippen molar-refractivity contribution in [2.75, 3.05) is 7.11 Å². The molecule has 0 bridgehead atoms. The zero-order chi connectivity index (χ0) is 15.9. The van der Waals surface area contributed by atoms with Crippen LogP contribution in [-0.4, -0.2) is 41.3 Å². The van der Waals surface area contributed by atoms with Crippen LogP contribution < -0.4 is 20.1 Å². The van der Waals surface area contributed by atoms with E-state index in [2.05, 4.69) is 20.6 Å². The first-order chi connectivity index (χ1) is 10.6. The minimum atomic E-state index is -0.0990. The van der Waals surface area contributed by atoms with Crippen molar-refractivity contribution < 1.29 is 14.3 Å². The normalized spacial score (nSPS) is 21.3. The van der Waals surface area contributed by atoms with Gasteiger partial charge in [-0.05, 0) is 39.5 Å². The van der Waals surface area contributed by atoms with Gasteiger partial charge in [0.05, 0.1) is 19.5 Å². The standard InChI is InChI=1S/C15H24N4O3/c1-10(2)17-15(20)18-11-4-6-12(7-5-11)22-14-9-16-8-13(19-14)21-3/h8-12H,4-7H2,1-3H3,(H2,17,18,20). The van der Waals surface area contributed by atoms with E-state index in [1.54, 1.807) is 19.5 Å². The highest BCUT2D eigenvalue weighted by Gasteiger charge is 2.24. The van der Waals surface area contributed by atoms with Gasteiger partial charge < -0.3 is 20.1 Å². The van der Waals surface area contributed by atoms with Crippen LogP contribution in [0.2, 0.25) is 0 Å². The number of aromatic nitrogens is 2. The molecule has 0 saturated heterocycles. The monoisotopic (exact) mass is 308 g/mol. The number of carbonyl (C=O) groups excluding carboxylic acids is 1. The molecule has 7 nitrogen and oxygen atoms in total. The van der Waals surface area contributed by atoms with Crippen molar-refractivity contribution in [2.45, 2.75) is 57.7 Å². The fourth-order valence-electron chi connectivity index (χ4n) is 2.47. The van der Waals surface area contributed by atoms with E-state index in [4.69, 9.17) is 9.47 Å². The Morgan fingerprint density at radius 3 is 2.55 bits per heavy atom. The molecule has 1 saturated carbocycles. The summed E-state index contributed by atoms with van der Waals surface area (Å²) in [6.07, 6.45) is 6.79. The Balaban J connectivity index is 1.76. The fraction of sp³-hybridized carbons (Fsp3) is 0.667. The summed E-state index contributed by atoms with van der Waals surface area (Å²) < 4.78 is 10.9. The second-order valence-corrected chi connectivity index (χ2v) is 5.76. The predicted molar refractivity (Wildman–Crippen MR) is 82.1 cm³/mol. The molecule has 1 aliphatic carbocycles. The topological polar surface area (TPSA) is 85.4 Å². The summed E-state index contributed by atoms with van der Waals surface area (Å²) in [6, 6.07) is 0.249. The molecular weight excluding hydrogens is 284 g/mol. The van der Waals surface area contributed by atoms with Crippen LogP contribution in [0.1, 0.15) is 39.5 Å². The summed E-state index contributed by atoms with van der Waals surface area (Å²) in [5.74, 6) is 0.923. The van der Waals surface area contributed by atoms with Crippen LogP contribution in [0.5, 0.6) is 11.8 Å². The summed E-state index contributed by atoms with van der Waals surface area (Å²) in [4.78, 5) is 19.9. The van der Waals surface area contributed by atoms with E-state index in [9.17, 15) is 4.79 Å². The van der Waals surface area contributed by atoms with Crippen LogP contribution in [-0.2, 0) is 0 Å². The van der Waals surface area contributed by atoms with Gasteiger partial charge in [-0.3, -0.25) is 4.98 Å². The van der Waals surface area contributed by atoms with Crippen molar-refractivity contribution in [3.63, 3.8) is 0 Å². The van der Waals surface area contributed by atoms with Gasteiger partial charge in [0.1, 0.15) is 6.10 Å². The van der Waals surface area contributed by atoms with Crippen LogP contribution in [0.3, 0.4) is 0 Å². The molecular formula is C15H24N4O3. The van der Waals surface area contributed by atoms with Crippen LogP contribution in [0.25, 0.3) is 0 Å². The van der Waals surface area contributed by atoms with E-state index < -0.39 is 0 Å². The van der Waals surface area contributed by atoms with Gasteiger partial charge in [0, 0.05) is 12.1 Å². The third-order valence-corrected chi connectivity index (χ3v) is 3.52. The molecule has 0 spiro atoms. The number of amides is 2. The maximum atomic E-state index is 11.7. The number of urea groups is 1. The van der Waals surface area contributed by atoms with Crippen molar-refractivity contribution >= 4 is 6.03 Å². The molecule has 0 unspecified atom stereocenters. The van der Waals surface area contributed by atoms with Gasteiger partial charge in [0.15, 0.2) is 0 Å². The first-order valence-corrected chi connectivity index (χ1v) is 7.66. The zero-order valence-electron chi connectivity index (χ0n) is 13.3. The minimum absolute atomic E-state index is 0.0990. The molecule has 22 heavy (non-hydrogen) atoms. The van der Waals surface area contributed by atoms with E-state index in [0.29, 0.717) is 11.8 Å². The predicted octanol–water partition coefficient (Wildman–Crippen LogP) is 1.88. The number of hydrogen-bond donors (Lipinski definition) is 2. The molecule has 0 aliphatic heterocycles. The van der Waals surface area contributed by atoms with Crippen LogP contribution in [0.15, 0.2) is 12.4 Å². The molecule has 1 fully saturated rings. The van der Waals surface area contributed by atoms with Gasteiger partial charge in [0.25, 0.3) is 0 Å². The Hall–Kier alpha value is -2.05. The minimum Gasteiger partial charge on any atom is -0.480 e. The van der Waals surface area contributed by atoms with Crippen molar-refractivity contribution in [3.8, 4) is 11.8 Å². The van der Waals surface area contributed by atoms with Crippen molar-refractivity contribution in [1.82, 2.24) is 20.6 Å². The quantitative estimate of drug-likeness (QED) is 0.867. The molecule has 0 radical (unpaired) electrons. The molecule has 1 aromatic rings. The first kappa shape index (κ1) is 16.3. The molecule has 0 aromatic carbocycles. The average molecular weight is 308 g/mol. The number of methoxy groups -OCH3 is 1. The van der Waals surface area contributed by atoms with E-state index in [0.717, 1.165) is 25.7 Å². The van der Waals surface area contributed by atoms with Gasteiger partial charge in [-0.2, -0.15) is 4.98 Å². The lowest BCUT2D eigenvalue weighted by Crippen LogP contribution is -2.46. The van der Waals surface area contributed by atoms with Crippen LogP contribution >= 0.6 is 0 Å². The second-order valence-electron chi connectivity index (χ2n) is 5.76. The van der Waals surface area contributed by atoms with Crippen LogP contribution in [0.4, 0.5) is 4.79 Å². The first-order valence-electron chi connectivity index (χ1n) is 7.66. The smallest absolute Gasteiger partial charge is 0.315 e. The number of rotatable bonds is 5. The second kappa shape index (κ2) is 7.82. The summed E-state index contributed by atoms with van der Waals surface area (Å²) in [5, 5.41) is 5.84. The molecule has 1 aromatic heterocycles. The Morgan fingerprint density at radius 1 is 1.23 bits per heavy atom. The average Bonchev–Trinajstić information content (AvgIpc) is 2.48. The summed E-state index contributed by atoms with van der Waals surface area (Å²) in [5.41, 5.74) is 0. The Kier molecular flexibility index (Phi) is 5.80. The lowest BCUT2D eigenvalue weighted by atomic mass is 9.93. The highest BCUT2D eigenvalue weighted by Crippen LogP contribution is 2.23. The Morgan fingerprint density at radius 2 is 1.91 bits per heavy atom. The summed E-state index contributed by atoms with van der Waals surface area (Å²) in [6.45, 7) is 3.89. The molecule has 2 amide bonds. The van der Waals surface area contributed by atoms with Crippen molar-refractivity contribution in [2.24, 2.45) is 0 Å². The molecule has 2 rings (SSSR count). The Bertz CT molecular complexity index is 487. The largest absolute Gasteiger partial charge is 0.480 e. The maximum absolute atomic E-state index is 11.7. The fourth-order valence-corrected chi connectivity index (χ4v) is 2.47. The number of hydrogen-bond acceptors (Lipinski definition) is 5. The van der Waals surface area contributed by atoms with Gasteiger partial charge in [-0.25, -0.2) is 4.79 Å². The van der Waals surface area contributed by atoms with Gasteiger partial charge in [0.2, 0.25) is 11.8 Å². The number of nitrogens with one attached hydrogen (secondary N) is 2. The zero-order valence-corrected chi connectivity index (χ0v) is 13.3. The van der Waals surface area contributed by atoms with Gasteiger partial charge in [-0.15, -0.1) is 0 Å². The lowest BCUT2D eigenvalue weighted by Gasteiger charge is -2.29. The summed E-state index contributed by atoms with van der Waals surface area (Å²) in [7, 11) is 1.55. The molecule has 7 heteroatoms. The van der Waals surface area contributed by atoms with Gasteiger partial charge in [-0.1, -0.05) is 0 Å². The number of nitrogens with zero attached hydrogens (tertiary/aromatic N) is 2.